The first-order valence-electron chi connectivity index (χ1n) is 6.68. The summed E-state index contributed by atoms with van der Waals surface area (Å²) in [4.78, 5) is 0. The number of rotatable bonds is 4. The molecule has 0 amide bonds. The molecular formula is C17H16F2O2. The Morgan fingerprint density at radius 1 is 0.857 bits per heavy atom. The van der Waals surface area contributed by atoms with Crippen LogP contribution in [-0.2, 0) is 6.42 Å². The maximum Gasteiger partial charge on any atom is 0.126 e. The molecule has 4 heteroatoms. The van der Waals surface area contributed by atoms with Gasteiger partial charge < -0.3 is 10.2 Å². The van der Waals surface area contributed by atoms with Gasteiger partial charge in [-0.15, -0.1) is 0 Å². The lowest BCUT2D eigenvalue weighted by atomic mass is 10.0. The molecular weight excluding hydrogens is 274 g/mol. The van der Waals surface area contributed by atoms with Gasteiger partial charge in [-0.05, 0) is 41.8 Å². The molecule has 2 N–H and O–H groups in total. The minimum atomic E-state index is -0.654. The number of hydrogen-bond donors (Lipinski definition) is 2. The highest BCUT2D eigenvalue weighted by Crippen LogP contribution is 2.30. The zero-order chi connectivity index (χ0) is 15.4. The maximum atomic E-state index is 13.1. The molecule has 2 aromatic carbocycles. The summed E-state index contributed by atoms with van der Waals surface area (Å²) in [6.45, 7) is 1.95. The van der Waals surface area contributed by atoms with Crippen molar-refractivity contribution in [3.8, 4) is 11.5 Å². The van der Waals surface area contributed by atoms with Crippen LogP contribution in [0, 0.1) is 11.6 Å². The average molecular weight is 290 g/mol. The van der Waals surface area contributed by atoms with Gasteiger partial charge in [0.15, 0.2) is 0 Å². The number of benzene rings is 2. The van der Waals surface area contributed by atoms with E-state index in [2.05, 4.69) is 0 Å². The van der Waals surface area contributed by atoms with Crippen molar-refractivity contribution in [1.29, 1.82) is 0 Å². The number of hydrogen-bond acceptors (Lipinski definition) is 2. The number of phenolic OH excluding ortho intramolecular Hbond substituents is 2. The number of phenols is 2. The van der Waals surface area contributed by atoms with Gasteiger partial charge in [0.05, 0.1) is 0 Å². The van der Waals surface area contributed by atoms with Crippen LogP contribution < -0.4 is 0 Å². The molecule has 0 unspecified atom stereocenters. The first-order valence-corrected chi connectivity index (χ1v) is 6.68. The van der Waals surface area contributed by atoms with Crippen molar-refractivity contribution in [3.63, 3.8) is 0 Å². The van der Waals surface area contributed by atoms with Crippen molar-refractivity contribution in [2.24, 2.45) is 0 Å². The van der Waals surface area contributed by atoms with E-state index in [9.17, 15) is 19.0 Å². The van der Waals surface area contributed by atoms with E-state index in [1.165, 1.54) is 30.3 Å². The third-order valence-electron chi connectivity index (χ3n) is 3.08. The fraction of sp³-hybridized carbons (Fsp3) is 0.176. The van der Waals surface area contributed by atoms with Gasteiger partial charge in [0, 0.05) is 11.6 Å². The van der Waals surface area contributed by atoms with Crippen LogP contribution >= 0.6 is 0 Å². The second kappa shape index (κ2) is 6.39. The molecule has 0 saturated heterocycles. The Morgan fingerprint density at radius 3 is 1.81 bits per heavy atom. The Labute approximate surface area is 122 Å². The van der Waals surface area contributed by atoms with Gasteiger partial charge >= 0.3 is 0 Å². The molecule has 0 saturated carbocycles. The topological polar surface area (TPSA) is 40.5 Å². The Hall–Kier alpha value is -2.36. The first-order chi connectivity index (χ1) is 9.99. The standard InChI is InChI=1S/C17H16F2O2/c1-2-3-15-16(20)8-12(9-17(15)21)5-4-11-6-13(18)10-14(19)7-11/h4-10,20-21H,2-3H2,1H3. The summed E-state index contributed by atoms with van der Waals surface area (Å²) in [5.74, 6) is -1.28. The van der Waals surface area contributed by atoms with E-state index in [1.54, 1.807) is 6.08 Å². The van der Waals surface area contributed by atoms with Crippen LogP contribution in [0.15, 0.2) is 30.3 Å². The molecule has 2 rings (SSSR count). The van der Waals surface area contributed by atoms with Crippen molar-refractivity contribution >= 4 is 12.2 Å². The summed E-state index contributed by atoms with van der Waals surface area (Å²) in [7, 11) is 0. The van der Waals surface area contributed by atoms with Gasteiger partial charge in [-0.2, -0.15) is 0 Å². The van der Waals surface area contributed by atoms with Gasteiger partial charge in [0.2, 0.25) is 0 Å². The summed E-state index contributed by atoms with van der Waals surface area (Å²) < 4.78 is 26.1. The molecule has 0 aliphatic carbocycles. The van der Waals surface area contributed by atoms with Crippen LogP contribution in [0.4, 0.5) is 8.78 Å². The molecule has 0 bridgehead atoms. The Morgan fingerprint density at radius 2 is 1.33 bits per heavy atom. The molecule has 0 radical (unpaired) electrons. The summed E-state index contributed by atoms with van der Waals surface area (Å²) in [6.07, 6.45) is 4.47. The minimum Gasteiger partial charge on any atom is -0.508 e. The third kappa shape index (κ3) is 3.81. The highest BCUT2D eigenvalue weighted by atomic mass is 19.1. The fourth-order valence-electron chi connectivity index (χ4n) is 2.13. The van der Waals surface area contributed by atoms with E-state index in [1.807, 2.05) is 6.92 Å². The van der Waals surface area contributed by atoms with Crippen LogP contribution in [-0.4, -0.2) is 10.2 Å². The quantitative estimate of drug-likeness (QED) is 0.814. The van der Waals surface area contributed by atoms with Crippen LogP contribution in [0.5, 0.6) is 11.5 Å². The lowest BCUT2D eigenvalue weighted by Gasteiger charge is -2.07. The second-order valence-electron chi connectivity index (χ2n) is 4.82. The van der Waals surface area contributed by atoms with Crippen molar-refractivity contribution in [2.45, 2.75) is 19.8 Å². The monoisotopic (exact) mass is 290 g/mol. The van der Waals surface area contributed by atoms with Gasteiger partial charge in [-0.25, -0.2) is 8.78 Å². The lowest BCUT2D eigenvalue weighted by molar-refractivity contribution is 0.437. The smallest absolute Gasteiger partial charge is 0.126 e. The van der Waals surface area contributed by atoms with Crippen molar-refractivity contribution < 1.29 is 19.0 Å². The summed E-state index contributed by atoms with van der Waals surface area (Å²) in [5.41, 5.74) is 1.42. The summed E-state index contributed by atoms with van der Waals surface area (Å²) in [5, 5.41) is 19.7. The molecule has 0 fully saturated rings. The molecule has 0 aliphatic rings. The van der Waals surface area contributed by atoms with E-state index in [0.717, 1.165) is 12.5 Å². The number of halogens is 2. The van der Waals surface area contributed by atoms with Gasteiger partial charge in [-0.3, -0.25) is 0 Å². The van der Waals surface area contributed by atoms with Crippen LogP contribution in [0.25, 0.3) is 12.2 Å². The number of aromatic hydroxyl groups is 2. The molecule has 0 spiro atoms. The zero-order valence-electron chi connectivity index (χ0n) is 11.6. The minimum absolute atomic E-state index is 0.0157. The molecule has 110 valence electrons. The zero-order valence-corrected chi connectivity index (χ0v) is 11.6. The molecule has 2 nitrogen and oxygen atoms in total. The molecule has 2 aromatic rings. The van der Waals surface area contributed by atoms with Crippen molar-refractivity contribution in [3.05, 3.63) is 58.7 Å². The fourth-order valence-corrected chi connectivity index (χ4v) is 2.13. The Balaban J connectivity index is 2.29. The van der Waals surface area contributed by atoms with E-state index in [0.29, 0.717) is 23.1 Å². The van der Waals surface area contributed by atoms with Crippen molar-refractivity contribution in [2.75, 3.05) is 0 Å². The average Bonchev–Trinajstić information content (AvgIpc) is 2.39. The third-order valence-corrected chi connectivity index (χ3v) is 3.08. The predicted octanol–water partition coefficient (Wildman–Crippen LogP) is 4.50. The lowest BCUT2D eigenvalue weighted by Crippen LogP contribution is -1.87. The first kappa shape index (κ1) is 15.0. The van der Waals surface area contributed by atoms with Crippen LogP contribution in [0.1, 0.15) is 30.0 Å². The second-order valence-corrected chi connectivity index (χ2v) is 4.82. The largest absolute Gasteiger partial charge is 0.508 e. The van der Waals surface area contributed by atoms with E-state index < -0.39 is 11.6 Å². The van der Waals surface area contributed by atoms with Gasteiger partial charge in [0.1, 0.15) is 23.1 Å². The Bertz CT molecular complexity index is 635. The molecule has 0 aliphatic heterocycles. The van der Waals surface area contributed by atoms with Crippen LogP contribution in [0.3, 0.4) is 0 Å². The molecule has 0 aromatic heterocycles. The molecule has 0 atom stereocenters. The van der Waals surface area contributed by atoms with E-state index in [4.69, 9.17) is 0 Å². The van der Waals surface area contributed by atoms with Gasteiger partial charge in [0.25, 0.3) is 0 Å². The normalized spacial score (nSPS) is 11.2. The van der Waals surface area contributed by atoms with E-state index >= 15 is 0 Å². The summed E-state index contributed by atoms with van der Waals surface area (Å²) >= 11 is 0. The summed E-state index contributed by atoms with van der Waals surface area (Å²) in [6, 6.07) is 6.22. The highest BCUT2D eigenvalue weighted by Gasteiger charge is 2.07. The highest BCUT2D eigenvalue weighted by molar-refractivity contribution is 5.71. The molecule has 21 heavy (non-hydrogen) atoms. The Kier molecular flexibility index (Phi) is 4.58. The SMILES string of the molecule is CCCc1c(O)cc(C=Cc2cc(F)cc(F)c2)cc1O. The van der Waals surface area contributed by atoms with Crippen molar-refractivity contribution in [1.82, 2.24) is 0 Å². The van der Waals surface area contributed by atoms with Crippen LogP contribution in [0.2, 0.25) is 0 Å². The predicted molar refractivity (Wildman–Crippen MR) is 79.1 cm³/mol. The maximum absolute atomic E-state index is 13.1. The van der Waals surface area contributed by atoms with E-state index in [-0.39, 0.29) is 11.5 Å². The van der Waals surface area contributed by atoms with Gasteiger partial charge in [-0.1, -0.05) is 25.5 Å². The molecule has 0 heterocycles.